The smallest absolute Gasteiger partial charge is 0.177 e. The molecule has 2 atom stereocenters. The molecule has 0 spiro atoms. The van der Waals surface area contributed by atoms with Crippen LogP contribution in [0.15, 0.2) is 24.3 Å². The minimum Gasteiger partial charge on any atom is -0.359 e. The number of ether oxygens (including phenoxy) is 4. The van der Waals surface area contributed by atoms with Crippen molar-refractivity contribution in [1.29, 1.82) is 0 Å². The second kappa shape index (κ2) is 10.3. The Kier molecular flexibility index (Phi) is 9.20. The Morgan fingerprint density at radius 2 is 2.14 bits per heavy atom. The van der Waals surface area contributed by atoms with Crippen LogP contribution < -0.4 is 0 Å². The second-order valence-electron chi connectivity index (χ2n) is 7.01. The van der Waals surface area contributed by atoms with E-state index in [0.717, 1.165) is 25.9 Å². The Hall–Kier alpha value is -0.463. The largest absolute Gasteiger partial charge is 0.359 e. The van der Waals surface area contributed by atoms with Gasteiger partial charge in [0.05, 0.1) is 19.3 Å². The normalized spacial score (nSPS) is 23.1. The third-order valence-electron chi connectivity index (χ3n) is 3.27. The van der Waals surface area contributed by atoms with E-state index in [1.54, 1.807) is 7.11 Å². The molecule has 0 radical (unpaired) electrons. The van der Waals surface area contributed by atoms with Crippen LogP contribution in [0.1, 0.15) is 19.3 Å². The highest BCUT2D eigenvalue weighted by Crippen LogP contribution is 2.24. The first kappa shape index (κ1) is 19.6. The van der Waals surface area contributed by atoms with Gasteiger partial charge in [-0.1, -0.05) is 31.3 Å². The molecule has 0 aromatic carbocycles. The van der Waals surface area contributed by atoms with Gasteiger partial charge in [0.25, 0.3) is 0 Å². The summed E-state index contributed by atoms with van der Waals surface area (Å²) in [4.78, 5) is 0. The average Bonchev–Trinajstić information content (AvgIpc) is 2.41. The maximum atomic E-state index is 5.98. The molecular formula is C17H32O4Si. The molecule has 0 aromatic heterocycles. The highest BCUT2D eigenvalue weighted by atomic mass is 28.3. The van der Waals surface area contributed by atoms with E-state index in [4.69, 9.17) is 18.9 Å². The summed E-state index contributed by atoms with van der Waals surface area (Å²) in [5.74, 6) is 0. The molecule has 22 heavy (non-hydrogen) atoms. The number of rotatable bonds is 10. The van der Waals surface area contributed by atoms with Gasteiger partial charge in [-0.25, -0.2) is 0 Å². The predicted octanol–water partition coefficient (Wildman–Crippen LogP) is 3.97. The molecule has 1 saturated heterocycles. The molecule has 0 N–H and O–H groups in total. The van der Waals surface area contributed by atoms with E-state index < -0.39 is 8.07 Å². The lowest BCUT2D eigenvalue weighted by atomic mass is 10.1. The molecule has 0 unspecified atom stereocenters. The van der Waals surface area contributed by atoms with Crippen molar-refractivity contribution < 1.29 is 18.9 Å². The Morgan fingerprint density at radius 3 is 2.82 bits per heavy atom. The lowest BCUT2D eigenvalue weighted by Crippen LogP contribution is -2.32. The number of hydrogen-bond donors (Lipinski definition) is 0. The van der Waals surface area contributed by atoms with Crippen LogP contribution in [0.2, 0.25) is 25.7 Å². The summed E-state index contributed by atoms with van der Waals surface area (Å²) in [5, 5.41) is 0. The molecule has 0 aliphatic carbocycles. The zero-order valence-electron chi connectivity index (χ0n) is 14.6. The summed E-state index contributed by atoms with van der Waals surface area (Å²) in [7, 11) is 0.537. The molecule has 128 valence electrons. The first-order valence-corrected chi connectivity index (χ1v) is 11.8. The van der Waals surface area contributed by atoms with Crippen molar-refractivity contribution in [3.63, 3.8) is 0 Å². The van der Waals surface area contributed by atoms with E-state index in [9.17, 15) is 0 Å². The van der Waals surface area contributed by atoms with Gasteiger partial charge in [0.15, 0.2) is 6.29 Å². The van der Waals surface area contributed by atoms with Gasteiger partial charge in [-0.05, 0) is 31.4 Å². The maximum absolute atomic E-state index is 5.98. The fraction of sp³-hybridized carbons (Fsp3) is 0.765. The fourth-order valence-electron chi connectivity index (χ4n) is 2.51. The molecule has 5 heteroatoms. The predicted molar refractivity (Wildman–Crippen MR) is 92.7 cm³/mol. The van der Waals surface area contributed by atoms with Gasteiger partial charge in [-0.2, -0.15) is 0 Å². The van der Waals surface area contributed by atoms with Crippen molar-refractivity contribution in [2.75, 3.05) is 27.1 Å². The van der Waals surface area contributed by atoms with Crippen LogP contribution in [-0.2, 0) is 18.9 Å². The molecule has 0 aromatic rings. The minimum atomic E-state index is -1.08. The quantitative estimate of drug-likeness (QED) is 0.263. The summed E-state index contributed by atoms with van der Waals surface area (Å²) in [5.41, 5.74) is 1.32. The average molecular weight is 329 g/mol. The van der Waals surface area contributed by atoms with Gasteiger partial charge in [0.1, 0.15) is 6.79 Å². The highest BCUT2D eigenvalue weighted by Gasteiger charge is 2.23. The van der Waals surface area contributed by atoms with Crippen LogP contribution in [0.25, 0.3) is 0 Å². The van der Waals surface area contributed by atoms with Gasteiger partial charge in [-0.15, -0.1) is 6.58 Å². The molecule has 1 aliphatic rings. The van der Waals surface area contributed by atoms with E-state index in [2.05, 4.69) is 26.2 Å². The molecule has 1 aliphatic heterocycles. The van der Waals surface area contributed by atoms with Crippen molar-refractivity contribution in [3.8, 4) is 0 Å². The van der Waals surface area contributed by atoms with Crippen molar-refractivity contribution in [1.82, 2.24) is 0 Å². The van der Waals surface area contributed by atoms with Gasteiger partial charge in [-0.3, -0.25) is 0 Å². The molecule has 1 fully saturated rings. The van der Waals surface area contributed by atoms with Crippen LogP contribution in [0, 0.1) is 0 Å². The van der Waals surface area contributed by atoms with Gasteiger partial charge >= 0.3 is 0 Å². The summed E-state index contributed by atoms with van der Waals surface area (Å²) in [6, 6.07) is 1.17. The Balaban J connectivity index is 2.26. The van der Waals surface area contributed by atoms with Gasteiger partial charge in [0.2, 0.25) is 0 Å². The van der Waals surface area contributed by atoms with E-state index in [0.29, 0.717) is 13.4 Å². The van der Waals surface area contributed by atoms with Crippen molar-refractivity contribution in [2.24, 2.45) is 0 Å². The number of methoxy groups -OCH3 is 1. The lowest BCUT2D eigenvalue weighted by Gasteiger charge is -2.30. The van der Waals surface area contributed by atoms with Crippen LogP contribution >= 0.6 is 0 Å². The zero-order valence-corrected chi connectivity index (χ0v) is 15.6. The molecule has 1 heterocycles. The molecule has 0 bridgehead atoms. The molecule has 0 saturated carbocycles. The SMILES string of the molecule is C=C(C[C@H]1CCO[C@@H](/C=C/CCOCOC)O1)C[Si](C)(C)C. The van der Waals surface area contributed by atoms with Crippen LogP contribution in [0.3, 0.4) is 0 Å². The van der Waals surface area contributed by atoms with Crippen LogP contribution in [0.5, 0.6) is 0 Å². The minimum absolute atomic E-state index is 0.233. The topological polar surface area (TPSA) is 36.9 Å². The summed E-state index contributed by atoms with van der Waals surface area (Å²) in [6.07, 6.45) is 6.75. The monoisotopic (exact) mass is 328 g/mol. The Morgan fingerprint density at radius 1 is 1.36 bits per heavy atom. The van der Waals surface area contributed by atoms with Gasteiger partial charge < -0.3 is 18.9 Å². The van der Waals surface area contributed by atoms with Crippen LogP contribution in [0.4, 0.5) is 0 Å². The fourth-order valence-corrected chi connectivity index (χ4v) is 4.15. The molecular weight excluding hydrogens is 296 g/mol. The highest BCUT2D eigenvalue weighted by molar-refractivity contribution is 6.76. The molecule has 1 rings (SSSR count). The summed E-state index contributed by atoms with van der Waals surface area (Å²) >= 11 is 0. The van der Waals surface area contributed by atoms with E-state index >= 15 is 0 Å². The zero-order chi connectivity index (χ0) is 16.4. The lowest BCUT2D eigenvalue weighted by molar-refractivity contribution is -0.186. The van der Waals surface area contributed by atoms with Crippen LogP contribution in [-0.4, -0.2) is 47.6 Å². The van der Waals surface area contributed by atoms with Crippen molar-refractivity contribution in [3.05, 3.63) is 24.3 Å². The van der Waals surface area contributed by atoms with Crippen molar-refractivity contribution in [2.45, 2.75) is 57.3 Å². The Labute approximate surface area is 136 Å². The van der Waals surface area contributed by atoms with E-state index in [-0.39, 0.29) is 12.4 Å². The first-order chi connectivity index (χ1) is 10.4. The Bertz CT molecular complexity index is 349. The second-order valence-corrected chi connectivity index (χ2v) is 12.5. The van der Waals surface area contributed by atoms with E-state index in [1.165, 1.54) is 11.6 Å². The molecule has 0 amide bonds. The number of hydrogen-bond acceptors (Lipinski definition) is 4. The maximum Gasteiger partial charge on any atom is 0.177 e. The van der Waals surface area contributed by atoms with Crippen molar-refractivity contribution >= 4 is 8.07 Å². The van der Waals surface area contributed by atoms with Gasteiger partial charge in [0, 0.05) is 15.2 Å². The molecule has 4 nitrogen and oxygen atoms in total. The first-order valence-electron chi connectivity index (χ1n) is 8.08. The standard InChI is InChI=1S/C17H32O4Si/c1-15(13-22(3,4)5)12-16-9-11-20-17(21-16)8-6-7-10-19-14-18-2/h6,8,16-17H,1,7,9-14H2,2-5H3/b8-6+/t16-,17-/m1/s1. The summed E-state index contributed by atoms with van der Waals surface area (Å²) < 4.78 is 21.7. The summed E-state index contributed by atoms with van der Waals surface area (Å²) in [6.45, 7) is 13.1. The third-order valence-corrected chi connectivity index (χ3v) is 4.83. The third kappa shape index (κ3) is 9.53. The van der Waals surface area contributed by atoms with E-state index in [1.807, 2.05) is 12.2 Å².